The van der Waals surface area contributed by atoms with Crippen LogP contribution in [0, 0.1) is 6.92 Å². The molecule has 1 atom stereocenters. The minimum absolute atomic E-state index is 0.0378. The summed E-state index contributed by atoms with van der Waals surface area (Å²) in [6, 6.07) is 2.15. The summed E-state index contributed by atoms with van der Waals surface area (Å²) in [5.41, 5.74) is 2.13. The van der Waals surface area contributed by atoms with E-state index in [9.17, 15) is 4.79 Å². The molecule has 1 saturated heterocycles. The van der Waals surface area contributed by atoms with Gasteiger partial charge >= 0.3 is 0 Å². The van der Waals surface area contributed by atoms with Crippen molar-refractivity contribution in [2.24, 2.45) is 0 Å². The molecule has 2 aromatic heterocycles. The molecular formula is C14H19N5O. The Morgan fingerprint density at radius 2 is 2.40 bits per heavy atom. The molecule has 1 unspecified atom stereocenters. The van der Waals surface area contributed by atoms with Crippen molar-refractivity contribution >= 4 is 11.6 Å². The number of hydrogen-bond donors (Lipinski definition) is 1. The number of aryl methyl sites for hydroxylation is 1. The molecule has 1 aliphatic rings. The Hall–Kier alpha value is -1.95. The SMILES string of the molecule is CNCC1CCCN1C(=O)c1cnn2ccc(C)nc12. The lowest BCUT2D eigenvalue weighted by atomic mass is 10.2. The molecule has 1 aliphatic heterocycles. The number of amides is 1. The first-order valence-electron chi connectivity index (χ1n) is 6.97. The summed E-state index contributed by atoms with van der Waals surface area (Å²) in [7, 11) is 1.92. The predicted molar refractivity (Wildman–Crippen MR) is 75.7 cm³/mol. The summed E-state index contributed by atoms with van der Waals surface area (Å²) in [6.45, 7) is 3.56. The molecule has 20 heavy (non-hydrogen) atoms. The van der Waals surface area contributed by atoms with Gasteiger partial charge in [-0.2, -0.15) is 5.10 Å². The molecule has 3 rings (SSSR count). The van der Waals surface area contributed by atoms with Gasteiger partial charge in [-0.25, -0.2) is 9.50 Å². The van der Waals surface area contributed by atoms with Crippen molar-refractivity contribution in [2.45, 2.75) is 25.8 Å². The molecule has 2 aromatic rings. The van der Waals surface area contributed by atoms with Crippen molar-refractivity contribution in [3.05, 3.63) is 29.7 Å². The second kappa shape index (κ2) is 5.20. The lowest BCUT2D eigenvalue weighted by Crippen LogP contribution is -2.40. The minimum Gasteiger partial charge on any atom is -0.334 e. The van der Waals surface area contributed by atoms with E-state index in [-0.39, 0.29) is 11.9 Å². The number of aromatic nitrogens is 3. The quantitative estimate of drug-likeness (QED) is 0.901. The van der Waals surface area contributed by atoms with Gasteiger partial charge in [0.15, 0.2) is 5.65 Å². The monoisotopic (exact) mass is 273 g/mol. The van der Waals surface area contributed by atoms with E-state index in [4.69, 9.17) is 0 Å². The van der Waals surface area contributed by atoms with Crippen LogP contribution in [0.4, 0.5) is 0 Å². The molecule has 106 valence electrons. The average Bonchev–Trinajstić information content (AvgIpc) is 3.04. The summed E-state index contributed by atoms with van der Waals surface area (Å²) in [4.78, 5) is 19.1. The molecule has 0 aromatic carbocycles. The van der Waals surface area contributed by atoms with E-state index < -0.39 is 0 Å². The highest BCUT2D eigenvalue weighted by Gasteiger charge is 2.30. The first-order chi connectivity index (χ1) is 9.70. The maximum atomic E-state index is 12.7. The Bertz CT molecular complexity index is 636. The first-order valence-corrected chi connectivity index (χ1v) is 6.97. The number of fused-ring (bicyclic) bond motifs is 1. The molecule has 0 aliphatic carbocycles. The highest BCUT2D eigenvalue weighted by molar-refractivity contribution is 6.00. The van der Waals surface area contributed by atoms with Gasteiger partial charge < -0.3 is 10.2 Å². The van der Waals surface area contributed by atoms with Crippen LogP contribution >= 0.6 is 0 Å². The molecule has 6 heteroatoms. The normalized spacial score (nSPS) is 18.9. The average molecular weight is 273 g/mol. The van der Waals surface area contributed by atoms with Crippen molar-refractivity contribution in [3.63, 3.8) is 0 Å². The fourth-order valence-electron chi connectivity index (χ4n) is 2.82. The number of carbonyl (C=O) groups is 1. The van der Waals surface area contributed by atoms with Crippen LogP contribution in [-0.2, 0) is 0 Å². The van der Waals surface area contributed by atoms with Crippen LogP contribution < -0.4 is 5.32 Å². The van der Waals surface area contributed by atoms with E-state index in [1.165, 1.54) is 0 Å². The third-order valence-corrected chi connectivity index (χ3v) is 3.82. The van der Waals surface area contributed by atoms with E-state index in [2.05, 4.69) is 15.4 Å². The van der Waals surface area contributed by atoms with Gasteiger partial charge in [0.1, 0.15) is 5.56 Å². The molecule has 6 nitrogen and oxygen atoms in total. The van der Waals surface area contributed by atoms with E-state index in [0.717, 1.165) is 31.6 Å². The van der Waals surface area contributed by atoms with Gasteiger partial charge in [-0.3, -0.25) is 4.79 Å². The van der Waals surface area contributed by atoms with E-state index in [0.29, 0.717) is 11.2 Å². The van der Waals surface area contributed by atoms with E-state index in [1.807, 2.05) is 31.1 Å². The molecule has 1 fully saturated rings. The van der Waals surface area contributed by atoms with E-state index >= 15 is 0 Å². The Kier molecular flexibility index (Phi) is 3.40. The molecule has 3 heterocycles. The Balaban J connectivity index is 1.94. The number of carbonyl (C=O) groups excluding carboxylic acids is 1. The van der Waals surface area contributed by atoms with Gasteiger partial charge in [-0.1, -0.05) is 0 Å². The number of nitrogens with zero attached hydrogens (tertiary/aromatic N) is 4. The maximum absolute atomic E-state index is 12.7. The van der Waals surface area contributed by atoms with Crippen LogP contribution in [0.25, 0.3) is 5.65 Å². The Labute approximate surface area is 117 Å². The summed E-state index contributed by atoms with van der Waals surface area (Å²) >= 11 is 0. The lowest BCUT2D eigenvalue weighted by molar-refractivity contribution is 0.0739. The number of nitrogens with one attached hydrogen (secondary N) is 1. The van der Waals surface area contributed by atoms with Crippen molar-refractivity contribution < 1.29 is 4.79 Å². The van der Waals surface area contributed by atoms with Gasteiger partial charge in [0.05, 0.1) is 6.20 Å². The smallest absolute Gasteiger partial charge is 0.259 e. The summed E-state index contributed by atoms with van der Waals surface area (Å²) < 4.78 is 1.66. The van der Waals surface area contributed by atoms with Gasteiger partial charge in [-0.05, 0) is 32.9 Å². The van der Waals surface area contributed by atoms with Gasteiger partial charge in [0, 0.05) is 31.0 Å². The standard InChI is InChI=1S/C14H19N5O/c1-10-5-7-19-13(17-10)12(9-16-19)14(20)18-6-3-4-11(18)8-15-2/h5,7,9,11,15H,3-4,6,8H2,1-2H3. The van der Waals surface area contributed by atoms with Crippen LogP contribution in [0.2, 0.25) is 0 Å². The second-order valence-corrected chi connectivity index (χ2v) is 5.25. The summed E-state index contributed by atoms with van der Waals surface area (Å²) in [6.07, 6.45) is 5.57. The number of rotatable bonds is 3. The van der Waals surface area contributed by atoms with Gasteiger partial charge in [-0.15, -0.1) is 0 Å². The lowest BCUT2D eigenvalue weighted by Gasteiger charge is -2.24. The van der Waals surface area contributed by atoms with Crippen LogP contribution in [-0.4, -0.2) is 51.6 Å². The zero-order valence-corrected chi connectivity index (χ0v) is 11.8. The number of likely N-dealkylation sites (N-methyl/N-ethyl adjacent to an activating group) is 1. The third kappa shape index (κ3) is 2.16. The molecule has 0 saturated carbocycles. The van der Waals surface area contributed by atoms with Crippen LogP contribution in [0.5, 0.6) is 0 Å². The topological polar surface area (TPSA) is 62.5 Å². The summed E-state index contributed by atoms with van der Waals surface area (Å²) in [5, 5.41) is 7.37. The maximum Gasteiger partial charge on any atom is 0.259 e. The fourth-order valence-corrected chi connectivity index (χ4v) is 2.82. The molecule has 0 bridgehead atoms. The largest absolute Gasteiger partial charge is 0.334 e. The third-order valence-electron chi connectivity index (χ3n) is 3.82. The molecular weight excluding hydrogens is 254 g/mol. The highest BCUT2D eigenvalue weighted by Crippen LogP contribution is 2.21. The van der Waals surface area contributed by atoms with Crippen LogP contribution in [0.1, 0.15) is 28.9 Å². The zero-order valence-electron chi connectivity index (χ0n) is 11.8. The van der Waals surface area contributed by atoms with Crippen molar-refractivity contribution in [1.29, 1.82) is 0 Å². The Morgan fingerprint density at radius 3 is 3.20 bits per heavy atom. The number of hydrogen-bond acceptors (Lipinski definition) is 4. The minimum atomic E-state index is 0.0378. The van der Waals surface area contributed by atoms with Gasteiger partial charge in [0.25, 0.3) is 5.91 Å². The van der Waals surface area contributed by atoms with Crippen molar-refractivity contribution in [1.82, 2.24) is 24.8 Å². The highest BCUT2D eigenvalue weighted by atomic mass is 16.2. The second-order valence-electron chi connectivity index (χ2n) is 5.25. The molecule has 1 N–H and O–H groups in total. The predicted octanol–water partition coefficient (Wildman–Crippen LogP) is 0.862. The molecule has 0 spiro atoms. The first kappa shape index (κ1) is 13.1. The van der Waals surface area contributed by atoms with E-state index in [1.54, 1.807) is 10.7 Å². The van der Waals surface area contributed by atoms with Crippen LogP contribution in [0.3, 0.4) is 0 Å². The summed E-state index contributed by atoms with van der Waals surface area (Å²) in [5.74, 6) is 0.0378. The molecule has 1 amide bonds. The van der Waals surface area contributed by atoms with Crippen LogP contribution in [0.15, 0.2) is 18.5 Å². The number of likely N-dealkylation sites (tertiary alicyclic amines) is 1. The Morgan fingerprint density at radius 1 is 1.55 bits per heavy atom. The van der Waals surface area contributed by atoms with Crippen molar-refractivity contribution in [2.75, 3.05) is 20.1 Å². The zero-order chi connectivity index (χ0) is 14.1. The fraction of sp³-hybridized carbons (Fsp3) is 0.500. The molecule has 0 radical (unpaired) electrons. The van der Waals surface area contributed by atoms with Crippen molar-refractivity contribution in [3.8, 4) is 0 Å². The van der Waals surface area contributed by atoms with Gasteiger partial charge in [0.2, 0.25) is 0 Å².